The molecule has 0 spiro atoms. The monoisotopic (exact) mass is 372 g/mol. The molecule has 1 amide bonds. The summed E-state index contributed by atoms with van der Waals surface area (Å²) in [4.78, 5) is 12.2. The molecule has 2 aromatic carbocycles. The van der Waals surface area contributed by atoms with Crippen molar-refractivity contribution < 1.29 is 13.2 Å². The largest absolute Gasteiger partial charge is 0.350 e. The van der Waals surface area contributed by atoms with Crippen molar-refractivity contribution in [3.05, 3.63) is 71.3 Å². The Morgan fingerprint density at radius 3 is 2.46 bits per heavy atom. The lowest BCUT2D eigenvalue weighted by Crippen LogP contribution is -2.38. The molecule has 5 nitrogen and oxygen atoms in total. The van der Waals surface area contributed by atoms with Gasteiger partial charge in [-0.25, -0.2) is 8.42 Å². The number of carbonyl (C=O) groups excluding carboxylic acids is 1. The minimum Gasteiger partial charge on any atom is -0.350 e. The van der Waals surface area contributed by atoms with Gasteiger partial charge in [-0.05, 0) is 30.0 Å². The average molecular weight is 372 g/mol. The summed E-state index contributed by atoms with van der Waals surface area (Å²) < 4.78 is 26.7. The van der Waals surface area contributed by atoms with E-state index in [-0.39, 0.29) is 24.1 Å². The van der Waals surface area contributed by atoms with Crippen molar-refractivity contribution in [1.82, 2.24) is 9.62 Å². The molecule has 0 saturated carbocycles. The van der Waals surface area contributed by atoms with Crippen LogP contribution in [-0.4, -0.2) is 30.9 Å². The molecule has 3 rings (SSSR count). The van der Waals surface area contributed by atoms with E-state index in [9.17, 15) is 13.2 Å². The molecule has 1 atom stereocenters. The first kappa shape index (κ1) is 18.6. The van der Waals surface area contributed by atoms with Crippen molar-refractivity contribution in [3.63, 3.8) is 0 Å². The van der Waals surface area contributed by atoms with Gasteiger partial charge in [0.2, 0.25) is 15.9 Å². The van der Waals surface area contributed by atoms with Crippen molar-refractivity contribution in [2.45, 2.75) is 32.4 Å². The fourth-order valence-electron chi connectivity index (χ4n) is 3.20. The highest BCUT2D eigenvalue weighted by atomic mass is 32.2. The molecule has 0 radical (unpaired) electrons. The molecule has 0 bridgehead atoms. The first-order chi connectivity index (χ1) is 12.5. The minimum atomic E-state index is -3.45. The molecule has 1 N–H and O–H groups in total. The van der Waals surface area contributed by atoms with E-state index >= 15 is 0 Å². The first-order valence-corrected chi connectivity index (χ1v) is 10.5. The summed E-state index contributed by atoms with van der Waals surface area (Å²) in [6.45, 7) is 2.76. The van der Waals surface area contributed by atoms with E-state index in [0.29, 0.717) is 19.5 Å². The molecule has 1 aliphatic heterocycles. The molecule has 0 aliphatic carbocycles. The minimum absolute atomic E-state index is 0.0301. The Hall–Kier alpha value is -2.18. The molecule has 2 aromatic rings. The molecule has 1 unspecified atom stereocenters. The second-order valence-electron chi connectivity index (χ2n) is 6.62. The fourth-order valence-corrected chi connectivity index (χ4v) is 4.60. The summed E-state index contributed by atoms with van der Waals surface area (Å²) in [5, 5.41) is 2.87. The standard InChI is InChI=1S/C20H24N2O3S/c1-16(17-7-3-2-4-8-17)21-20(23)12-14-26(24,25)22-13-11-18-9-5-6-10-19(18)15-22/h2-10,16H,11-15H2,1H3,(H,21,23). The van der Waals surface area contributed by atoms with Gasteiger partial charge in [-0.2, -0.15) is 4.31 Å². The van der Waals surface area contributed by atoms with Gasteiger partial charge < -0.3 is 5.32 Å². The molecular formula is C20H24N2O3S. The summed E-state index contributed by atoms with van der Waals surface area (Å²) >= 11 is 0. The van der Waals surface area contributed by atoms with E-state index in [2.05, 4.69) is 5.32 Å². The van der Waals surface area contributed by atoms with Gasteiger partial charge in [0.25, 0.3) is 0 Å². The summed E-state index contributed by atoms with van der Waals surface area (Å²) in [6, 6.07) is 17.4. The van der Waals surface area contributed by atoms with E-state index in [1.54, 1.807) is 0 Å². The van der Waals surface area contributed by atoms with Gasteiger partial charge in [-0.3, -0.25) is 4.79 Å². The molecule has 0 fully saturated rings. The lowest BCUT2D eigenvalue weighted by Gasteiger charge is -2.28. The summed E-state index contributed by atoms with van der Waals surface area (Å²) in [6.07, 6.45) is 0.685. The third kappa shape index (κ3) is 4.51. The van der Waals surface area contributed by atoms with Crippen LogP contribution in [0.1, 0.15) is 36.1 Å². The number of amides is 1. The Balaban J connectivity index is 1.54. The van der Waals surface area contributed by atoms with Gasteiger partial charge in [-0.15, -0.1) is 0 Å². The molecular weight excluding hydrogens is 348 g/mol. The van der Waals surface area contributed by atoms with Crippen molar-refractivity contribution in [2.75, 3.05) is 12.3 Å². The van der Waals surface area contributed by atoms with E-state index in [4.69, 9.17) is 0 Å². The van der Waals surface area contributed by atoms with Crippen molar-refractivity contribution in [2.24, 2.45) is 0 Å². The number of benzene rings is 2. The molecule has 26 heavy (non-hydrogen) atoms. The number of fused-ring (bicyclic) bond motifs is 1. The Morgan fingerprint density at radius 1 is 1.08 bits per heavy atom. The highest BCUT2D eigenvalue weighted by molar-refractivity contribution is 7.89. The summed E-state index contributed by atoms with van der Waals surface area (Å²) in [5.41, 5.74) is 3.24. The third-order valence-electron chi connectivity index (χ3n) is 4.75. The van der Waals surface area contributed by atoms with Crippen LogP contribution in [0.5, 0.6) is 0 Å². The maximum atomic E-state index is 12.6. The van der Waals surface area contributed by atoms with E-state index in [1.165, 1.54) is 9.87 Å². The zero-order chi connectivity index (χ0) is 18.6. The molecule has 0 saturated heterocycles. The quantitative estimate of drug-likeness (QED) is 0.848. The van der Waals surface area contributed by atoms with Crippen molar-refractivity contribution in [3.8, 4) is 0 Å². The summed E-state index contributed by atoms with van der Waals surface area (Å²) in [5.74, 6) is -0.412. The van der Waals surface area contributed by atoms with E-state index in [1.807, 2.05) is 61.5 Å². The van der Waals surface area contributed by atoms with Crippen molar-refractivity contribution in [1.29, 1.82) is 0 Å². The number of nitrogens with zero attached hydrogens (tertiary/aromatic N) is 1. The number of hydrogen-bond acceptors (Lipinski definition) is 3. The maximum Gasteiger partial charge on any atom is 0.221 e. The SMILES string of the molecule is CC(NC(=O)CCS(=O)(=O)N1CCc2ccccc2C1)c1ccccc1. The predicted molar refractivity (Wildman–Crippen MR) is 102 cm³/mol. The zero-order valence-corrected chi connectivity index (χ0v) is 15.7. The van der Waals surface area contributed by atoms with Gasteiger partial charge in [-0.1, -0.05) is 54.6 Å². The van der Waals surface area contributed by atoms with Crippen LogP contribution in [0.25, 0.3) is 0 Å². The topological polar surface area (TPSA) is 66.5 Å². The van der Waals surface area contributed by atoms with Crippen LogP contribution in [0.2, 0.25) is 0 Å². The van der Waals surface area contributed by atoms with Crippen LogP contribution in [-0.2, 0) is 27.8 Å². The molecule has 0 aromatic heterocycles. The lowest BCUT2D eigenvalue weighted by atomic mass is 10.0. The third-order valence-corrected chi connectivity index (χ3v) is 6.57. The first-order valence-electron chi connectivity index (χ1n) is 8.84. The average Bonchev–Trinajstić information content (AvgIpc) is 2.67. The van der Waals surface area contributed by atoms with Gasteiger partial charge >= 0.3 is 0 Å². The predicted octanol–water partition coefficient (Wildman–Crippen LogP) is 2.64. The number of carbonyl (C=O) groups is 1. The zero-order valence-electron chi connectivity index (χ0n) is 14.9. The van der Waals surface area contributed by atoms with Crippen molar-refractivity contribution >= 4 is 15.9 Å². The van der Waals surface area contributed by atoms with Crippen LogP contribution in [0.3, 0.4) is 0 Å². The normalized spacial score (nSPS) is 15.9. The number of rotatable bonds is 6. The maximum absolute atomic E-state index is 12.6. The molecule has 6 heteroatoms. The molecule has 1 heterocycles. The van der Waals surface area contributed by atoms with Crippen LogP contribution in [0.15, 0.2) is 54.6 Å². The number of sulfonamides is 1. The van der Waals surface area contributed by atoms with E-state index < -0.39 is 10.0 Å². The second kappa shape index (κ2) is 8.01. The van der Waals surface area contributed by atoms with Crippen LogP contribution < -0.4 is 5.32 Å². The Labute approximate surface area is 155 Å². The van der Waals surface area contributed by atoms with Crippen LogP contribution in [0, 0.1) is 0 Å². The van der Waals surface area contributed by atoms with Crippen LogP contribution in [0.4, 0.5) is 0 Å². The van der Waals surface area contributed by atoms with Gasteiger partial charge in [0, 0.05) is 19.5 Å². The van der Waals surface area contributed by atoms with Gasteiger partial charge in [0.05, 0.1) is 11.8 Å². The highest BCUT2D eigenvalue weighted by Gasteiger charge is 2.27. The fraction of sp³-hybridized carbons (Fsp3) is 0.350. The van der Waals surface area contributed by atoms with Crippen LogP contribution >= 0.6 is 0 Å². The van der Waals surface area contributed by atoms with E-state index in [0.717, 1.165) is 11.1 Å². The summed E-state index contributed by atoms with van der Waals surface area (Å²) in [7, 11) is -3.45. The smallest absolute Gasteiger partial charge is 0.221 e. The Morgan fingerprint density at radius 2 is 1.73 bits per heavy atom. The Bertz CT molecular complexity index is 866. The lowest BCUT2D eigenvalue weighted by molar-refractivity contribution is -0.121. The second-order valence-corrected chi connectivity index (χ2v) is 8.71. The number of nitrogens with one attached hydrogen (secondary N) is 1. The molecule has 138 valence electrons. The molecule has 1 aliphatic rings. The number of hydrogen-bond donors (Lipinski definition) is 1. The van der Waals surface area contributed by atoms with Gasteiger partial charge in [0.1, 0.15) is 0 Å². The Kier molecular flexibility index (Phi) is 5.74. The van der Waals surface area contributed by atoms with Gasteiger partial charge in [0.15, 0.2) is 0 Å². The highest BCUT2D eigenvalue weighted by Crippen LogP contribution is 2.21.